The minimum absolute atomic E-state index is 0.180. The number of carbonyl (C=O) groups is 1. The maximum absolute atomic E-state index is 12.9. The Morgan fingerprint density at radius 3 is 2.70 bits per heavy atom. The lowest BCUT2D eigenvalue weighted by atomic mass is 9.96. The number of nitrogens with zero attached hydrogens (tertiary/aromatic N) is 3. The van der Waals surface area contributed by atoms with Gasteiger partial charge in [0, 0.05) is 31.0 Å². The lowest BCUT2D eigenvalue weighted by Gasteiger charge is -2.17. The summed E-state index contributed by atoms with van der Waals surface area (Å²) in [5.74, 6) is -4.14. The number of aromatic nitrogens is 2. The van der Waals surface area contributed by atoms with Crippen molar-refractivity contribution in [3.63, 3.8) is 0 Å². The quantitative estimate of drug-likeness (QED) is 0.923. The Balaban J connectivity index is 2.16. The number of carboxylic acid groups (broad SMARTS) is 1. The fourth-order valence-electron chi connectivity index (χ4n) is 2.24. The van der Waals surface area contributed by atoms with Crippen molar-refractivity contribution < 1.29 is 23.1 Å². The second kappa shape index (κ2) is 5.55. The molecule has 0 radical (unpaired) electrons. The molecule has 0 aliphatic carbocycles. The summed E-state index contributed by atoms with van der Waals surface area (Å²) in [5, 5.41) is 9.31. The number of anilines is 1. The normalized spacial score (nSPS) is 23.3. The first-order chi connectivity index (χ1) is 9.32. The molecule has 1 fully saturated rings. The summed E-state index contributed by atoms with van der Waals surface area (Å²) in [6.45, 7) is 1.40. The van der Waals surface area contributed by atoms with Gasteiger partial charge in [-0.05, 0) is 6.42 Å². The van der Waals surface area contributed by atoms with Crippen LogP contribution in [-0.4, -0.2) is 39.7 Å². The standard InChI is InChI=1S/C11H14F3N3O2S/c1-2-3-8-15-10(20-16-8)17-4-6(9(18)19)7(5-17)11(12,13)14/h6-7H,2-5H2,1H3,(H,18,19)/t6-,7-/m1/s1. The SMILES string of the molecule is CCCc1nsc(N2C[C@@H](C(F)(F)F)[C@H](C(=O)O)C2)n1. The van der Waals surface area contributed by atoms with Crippen LogP contribution in [0.5, 0.6) is 0 Å². The van der Waals surface area contributed by atoms with E-state index in [0.29, 0.717) is 17.4 Å². The summed E-state index contributed by atoms with van der Waals surface area (Å²) in [6.07, 6.45) is -3.01. The van der Waals surface area contributed by atoms with Crippen molar-refractivity contribution in [1.82, 2.24) is 9.36 Å². The summed E-state index contributed by atoms with van der Waals surface area (Å²) in [6, 6.07) is 0. The van der Waals surface area contributed by atoms with E-state index in [1.165, 1.54) is 4.90 Å². The van der Waals surface area contributed by atoms with Crippen LogP contribution in [0.1, 0.15) is 19.2 Å². The van der Waals surface area contributed by atoms with Crippen LogP contribution in [0.25, 0.3) is 0 Å². The molecule has 1 aliphatic rings. The van der Waals surface area contributed by atoms with E-state index in [0.717, 1.165) is 18.0 Å². The van der Waals surface area contributed by atoms with Gasteiger partial charge < -0.3 is 10.0 Å². The van der Waals surface area contributed by atoms with Gasteiger partial charge in [0.05, 0.1) is 11.8 Å². The number of aliphatic carboxylic acids is 1. The molecule has 5 nitrogen and oxygen atoms in total. The smallest absolute Gasteiger partial charge is 0.394 e. The van der Waals surface area contributed by atoms with Crippen LogP contribution in [0, 0.1) is 11.8 Å². The third-order valence-corrected chi connectivity index (χ3v) is 4.07. The third kappa shape index (κ3) is 3.02. The summed E-state index contributed by atoms with van der Waals surface area (Å²) >= 11 is 1.02. The van der Waals surface area contributed by atoms with E-state index in [1.807, 2.05) is 6.92 Å². The van der Waals surface area contributed by atoms with Gasteiger partial charge in [-0.15, -0.1) is 0 Å². The fourth-order valence-corrected chi connectivity index (χ4v) is 2.97. The molecule has 20 heavy (non-hydrogen) atoms. The number of hydrogen-bond acceptors (Lipinski definition) is 5. The number of halogens is 3. The number of rotatable bonds is 4. The van der Waals surface area contributed by atoms with Crippen molar-refractivity contribution >= 4 is 22.6 Å². The molecule has 0 bridgehead atoms. The van der Waals surface area contributed by atoms with Crippen LogP contribution >= 0.6 is 11.5 Å². The lowest BCUT2D eigenvalue weighted by molar-refractivity contribution is -0.187. The highest BCUT2D eigenvalue weighted by Crippen LogP contribution is 2.39. The van der Waals surface area contributed by atoms with Gasteiger partial charge in [-0.3, -0.25) is 4.79 Å². The average molecular weight is 309 g/mol. The van der Waals surface area contributed by atoms with Crippen LogP contribution in [-0.2, 0) is 11.2 Å². The van der Waals surface area contributed by atoms with Crippen LogP contribution in [0.2, 0.25) is 0 Å². The second-order valence-electron chi connectivity index (χ2n) is 4.74. The Morgan fingerprint density at radius 1 is 1.50 bits per heavy atom. The molecule has 2 rings (SSSR count). The zero-order valence-electron chi connectivity index (χ0n) is 10.7. The molecule has 0 amide bonds. The van der Waals surface area contributed by atoms with Gasteiger partial charge in [-0.1, -0.05) is 6.92 Å². The highest BCUT2D eigenvalue weighted by atomic mass is 32.1. The maximum atomic E-state index is 12.9. The van der Waals surface area contributed by atoms with Gasteiger partial charge in [0.2, 0.25) is 5.13 Å². The molecule has 2 atom stereocenters. The number of aryl methyl sites for hydroxylation is 1. The van der Waals surface area contributed by atoms with Gasteiger partial charge in [0.25, 0.3) is 0 Å². The Morgan fingerprint density at radius 2 is 2.20 bits per heavy atom. The predicted molar refractivity (Wildman–Crippen MR) is 66.8 cm³/mol. The van der Waals surface area contributed by atoms with E-state index in [9.17, 15) is 18.0 Å². The Kier molecular flexibility index (Phi) is 4.17. The minimum Gasteiger partial charge on any atom is -0.481 e. The number of hydrogen-bond donors (Lipinski definition) is 1. The molecule has 112 valence electrons. The van der Waals surface area contributed by atoms with E-state index in [-0.39, 0.29) is 13.1 Å². The lowest BCUT2D eigenvalue weighted by Crippen LogP contribution is -2.33. The molecule has 0 aromatic carbocycles. The van der Waals surface area contributed by atoms with Crippen LogP contribution in [0.15, 0.2) is 0 Å². The molecule has 1 aromatic heterocycles. The van der Waals surface area contributed by atoms with Crippen LogP contribution in [0.4, 0.5) is 18.3 Å². The first kappa shape index (κ1) is 15.0. The maximum Gasteiger partial charge on any atom is 0.394 e. The molecule has 1 aliphatic heterocycles. The first-order valence-corrected chi connectivity index (χ1v) is 6.97. The van der Waals surface area contributed by atoms with Gasteiger partial charge in [-0.25, -0.2) is 4.98 Å². The van der Waals surface area contributed by atoms with Crippen molar-refractivity contribution in [3.05, 3.63) is 5.82 Å². The topological polar surface area (TPSA) is 66.3 Å². The van der Waals surface area contributed by atoms with Crippen molar-refractivity contribution in [3.8, 4) is 0 Å². The molecular formula is C11H14F3N3O2S. The minimum atomic E-state index is -4.52. The van der Waals surface area contributed by atoms with E-state index in [4.69, 9.17) is 5.11 Å². The summed E-state index contributed by atoms with van der Waals surface area (Å²) in [5.41, 5.74) is 0. The third-order valence-electron chi connectivity index (χ3n) is 3.26. The van der Waals surface area contributed by atoms with Crippen LogP contribution in [0.3, 0.4) is 0 Å². The van der Waals surface area contributed by atoms with E-state index < -0.39 is 24.0 Å². The van der Waals surface area contributed by atoms with Gasteiger partial charge in [-0.2, -0.15) is 17.5 Å². The highest BCUT2D eigenvalue weighted by Gasteiger charge is 2.53. The van der Waals surface area contributed by atoms with Crippen molar-refractivity contribution in [2.45, 2.75) is 25.9 Å². The molecule has 9 heteroatoms. The molecule has 1 aromatic rings. The molecule has 0 saturated carbocycles. The zero-order chi connectivity index (χ0) is 14.9. The van der Waals surface area contributed by atoms with Gasteiger partial charge in [0.1, 0.15) is 5.82 Å². The Labute approximate surface area is 117 Å². The predicted octanol–water partition coefficient (Wildman–Crippen LogP) is 2.19. The second-order valence-corrected chi connectivity index (χ2v) is 5.47. The monoisotopic (exact) mass is 309 g/mol. The van der Waals surface area contributed by atoms with Gasteiger partial charge >= 0.3 is 12.1 Å². The molecular weight excluding hydrogens is 295 g/mol. The van der Waals surface area contributed by atoms with E-state index >= 15 is 0 Å². The largest absolute Gasteiger partial charge is 0.481 e. The molecule has 0 spiro atoms. The summed E-state index contributed by atoms with van der Waals surface area (Å²) in [4.78, 5) is 16.5. The summed E-state index contributed by atoms with van der Waals surface area (Å²) in [7, 11) is 0. The molecule has 1 saturated heterocycles. The van der Waals surface area contributed by atoms with Crippen molar-refractivity contribution in [2.24, 2.45) is 11.8 Å². The summed E-state index contributed by atoms with van der Waals surface area (Å²) < 4.78 is 42.7. The average Bonchev–Trinajstić information content (AvgIpc) is 2.93. The first-order valence-electron chi connectivity index (χ1n) is 6.20. The van der Waals surface area contributed by atoms with Crippen molar-refractivity contribution in [2.75, 3.05) is 18.0 Å². The zero-order valence-corrected chi connectivity index (χ0v) is 11.5. The molecule has 0 unspecified atom stereocenters. The number of carboxylic acids is 1. The Hall–Kier alpha value is -1.38. The van der Waals surface area contributed by atoms with E-state index in [2.05, 4.69) is 9.36 Å². The fraction of sp³-hybridized carbons (Fsp3) is 0.727. The highest BCUT2D eigenvalue weighted by molar-refractivity contribution is 7.09. The van der Waals surface area contributed by atoms with Gasteiger partial charge in [0.15, 0.2) is 0 Å². The molecule has 2 heterocycles. The van der Waals surface area contributed by atoms with E-state index in [1.54, 1.807) is 0 Å². The van der Waals surface area contributed by atoms with Crippen LogP contribution < -0.4 is 4.90 Å². The molecule has 1 N–H and O–H groups in total. The Bertz CT molecular complexity index is 492. The van der Waals surface area contributed by atoms with Crippen molar-refractivity contribution in [1.29, 1.82) is 0 Å². The number of alkyl halides is 3.